The summed E-state index contributed by atoms with van der Waals surface area (Å²) in [4.78, 5) is 8.59. The van der Waals surface area contributed by atoms with E-state index in [1.54, 1.807) is 6.20 Å². The normalized spacial score (nSPS) is 10.9. The van der Waals surface area contributed by atoms with Crippen molar-refractivity contribution in [2.45, 2.75) is 13.8 Å². The molecule has 0 aliphatic heterocycles. The first kappa shape index (κ1) is 14.5. The first-order valence-electron chi connectivity index (χ1n) is 6.40. The third-order valence-electron chi connectivity index (χ3n) is 3.32. The average Bonchev–Trinajstić information content (AvgIpc) is 2.44. The number of benzene rings is 1. The van der Waals surface area contributed by atoms with Gasteiger partial charge in [-0.3, -0.25) is 4.98 Å². The second-order valence-corrected chi connectivity index (χ2v) is 6.25. The number of hydrogen-bond acceptors (Lipinski definition) is 3. The van der Waals surface area contributed by atoms with Gasteiger partial charge in [0.05, 0.1) is 5.52 Å². The number of ether oxygens (including phenoxy) is 1. The fraction of sp³-hybridized carbons (Fsp3) is 0.125. The maximum Gasteiger partial charge on any atom is 0.172 e. The molecule has 3 aromatic rings. The maximum absolute atomic E-state index is 6.13. The van der Waals surface area contributed by atoms with E-state index in [-0.39, 0.29) is 0 Å². The summed E-state index contributed by atoms with van der Waals surface area (Å²) in [6.45, 7) is 4.15. The van der Waals surface area contributed by atoms with Gasteiger partial charge in [-0.05, 0) is 77.9 Å². The van der Waals surface area contributed by atoms with E-state index < -0.39 is 0 Å². The molecule has 3 nitrogen and oxygen atoms in total. The predicted octanol–water partition coefficient (Wildman–Crippen LogP) is 5.30. The number of pyridine rings is 2. The zero-order valence-corrected chi connectivity index (χ0v) is 14.4. The number of fused-ring (bicyclic) bond motifs is 1. The van der Waals surface area contributed by atoms with E-state index in [9.17, 15) is 0 Å². The average molecular weight is 411 g/mol. The topological polar surface area (TPSA) is 35.0 Å². The molecule has 106 valence electrons. The van der Waals surface area contributed by atoms with Crippen molar-refractivity contribution < 1.29 is 4.74 Å². The molecule has 0 spiro atoms. The van der Waals surface area contributed by atoms with Crippen LogP contribution in [0.4, 0.5) is 0 Å². The molecule has 2 aromatic heterocycles. The Morgan fingerprint density at radius 2 is 1.81 bits per heavy atom. The third kappa shape index (κ3) is 2.96. The molecule has 0 radical (unpaired) electrons. The van der Waals surface area contributed by atoms with E-state index >= 15 is 0 Å². The monoisotopic (exact) mass is 410 g/mol. The van der Waals surface area contributed by atoms with Crippen LogP contribution in [0.15, 0.2) is 36.5 Å². The lowest BCUT2D eigenvalue weighted by Gasteiger charge is -2.11. The zero-order chi connectivity index (χ0) is 15.0. The molecule has 0 unspecified atom stereocenters. The summed E-state index contributed by atoms with van der Waals surface area (Å²) in [5.41, 5.74) is 3.32. The van der Waals surface area contributed by atoms with Crippen LogP contribution in [0.25, 0.3) is 10.9 Å². The summed E-state index contributed by atoms with van der Waals surface area (Å²) in [7, 11) is 0. The van der Waals surface area contributed by atoms with Gasteiger partial charge in [0.25, 0.3) is 0 Å². The van der Waals surface area contributed by atoms with Gasteiger partial charge >= 0.3 is 0 Å². The summed E-state index contributed by atoms with van der Waals surface area (Å²) in [5, 5.41) is 1.32. The van der Waals surface area contributed by atoms with Crippen molar-refractivity contribution in [3.05, 3.63) is 56.5 Å². The van der Waals surface area contributed by atoms with E-state index in [0.717, 1.165) is 20.4 Å². The highest BCUT2D eigenvalue weighted by molar-refractivity contribution is 14.1. The smallest absolute Gasteiger partial charge is 0.172 e. The quantitative estimate of drug-likeness (QED) is 0.425. The van der Waals surface area contributed by atoms with Gasteiger partial charge in [-0.25, -0.2) is 4.98 Å². The van der Waals surface area contributed by atoms with E-state index in [1.165, 1.54) is 11.1 Å². The van der Waals surface area contributed by atoms with Gasteiger partial charge in [0.1, 0.15) is 9.45 Å². The van der Waals surface area contributed by atoms with Gasteiger partial charge < -0.3 is 4.74 Å². The molecule has 0 atom stereocenters. The highest BCUT2D eigenvalue weighted by Crippen LogP contribution is 2.33. The molecule has 0 saturated carbocycles. The van der Waals surface area contributed by atoms with Crippen LogP contribution in [0, 0.1) is 17.5 Å². The second-order valence-electron chi connectivity index (χ2n) is 4.79. The van der Waals surface area contributed by atoms with Crippen molar-refractivity contribution in [2.24, 2.45) is 0 Å². The van der Waals surface area contributed by atoms with E-state index in [2.05, 4.69) is 58.5 Å². The number of halogens is 2. The Balaban J connectivity index is 2.10. The summed E-state index contributed by atoms with van der Waals surface area (Å²) in [5.74, 6) is 1.27. The summed E-state index contributed by atoms with van der Waals surface area (Å²) in [6, 6.07) is 9.67. The van der Waals surface area contributed by atoms with Crippen LogP contribution in [-0.4, -0.2) is 9.97 Å². The second kappa shape index (κ2) is 5.77. The Labute approximate surface area is 141 Å². The van der Waals surface area contributed by atoms with Gasteiger partial charge in [-0.2, -0.15) is 0 Å². The molecule has 2 heterocycles. The Kier molecular flexibility index (Phi) is 3.99. The Hall–Kier alpha value is -1.40. The molecule has 0 fully saturated rings. The Morgan fingerprint density at radius 1 is 1.05 bits per heavy atom. The summed E-state index contributed by atoms with van der Waals surface area (Å²) >= 11 is 8.24. The minimum absolute atomic E-state index is 0.357. The highest BCUT2D eigenvalue weighted by Gasteiger charge is 2.09. The van der Waals surface area contributed by atoms with Gasteiger partial charge in [0, 0.05) is 11.6 Å². The van der Waals surface area contributed by atoms with Crippen LogP contribution in [0.1, 0.15) is 11.1 Å². The molecule has 3 rings (SSSR count). The molecule has 0 amide bonds. The van der Waals surface area contributed by atoms with Crippen molar-refractivity contribution >= 4 is 45.1 Å². The van der Waals surface area contributed by atoms with Crippen molar-refractivity contribution in [1.29, 1.82) is 0 Å². The van der Waals surface area contributed by atoms with Crippen LogP contribution in [0.2, 0.25) is 5.15 Å². The minimum Gasteiger partial charge on any atom is -0.453 e. The van der Waals surface area contributed by atoms with Crippen LogP contribution < -0.4 is 4.74 Å². The fourth-order valence-electron chi connectivity index (χ4n) is 2.06. The Morgan fingerprint density at radius 3 is 2.57 bits per heavy atom. The van der Waals surface area contributed by atoms with Crippen molar-refractivity contribution in [3.63, 3.8) is 0 Å². The van der Waals surface area contributed by atoms with E-state index in [0.29, 0.717) is 10.9 Å². The Bertz CT molecular complexity index is 836. The standard InChI is InChI=1S/C16H12ClIN2O/c1-9-7-11-12(8-10(9)2)19-6-5-13(11)21-14-3-4-15(18)20-16(14)17/h3-8H,1-2H3. The van der Waals surface area contributed by atoms with Crippen LogP contribution in [0.3, 0.4) is 0 Å². The predicted molar refractivity (Wildman–Crippen MR) is 93.3 cm³/mol. The first-order valence-corrected chi connectivity index (χ1v) is 7.86. The SMILES string of the molecule is Cc1cc2nccc(Oc3ccc(I)nc3Cl)c2cc1C. The number of aryl methyl sites for hydroxylation is 2. The number of nitrogens with zero attached hydrogens (tertiary/aromatic N) is 2. The summed E-state index contributed by atoms with van der Waals surface area (Å²) < 4.78 is 6.76. The molecular formula is C16H12ClIN2O. The number of aromatic nitrogens is 2. The molecule has 5 heteroatoms. The van der Waals surface area contributed by atoms with Crippen LogP contribution >= 0.6 is 34.2 Å². The maximum atomic E-state index is 6.13. The third-order valence-corrected chi connectivity index (χ3v) is 4.19. The molecule has 21 heavy (non-hydrogen) atoms. The highest BCUT2D eigenvalue weighted by atomic mass is 127. The minimum atomic E-state index is 0.357. The van der Waals surface area contributed by atoms with Crippen LogP contribution in [0.5, 0.6) is 11.5 Å². The zero-order valence-electron chi connectivity index (χ0n) is 11.5. The number of hydrogen-bond donors (Lipinski definition) is 0. The van der Waals surface area contributed by atoms with Crippen molar-refractivity contribution in [2.75, 3.05) is 0 Å². The van der Waals surface area contributed by atoms with E-state index in [1.807, 2.05) is 18.2 Å². The van der Waals surface area contributed by atoms with Gasteiger partial charge in [-0.15, -0.1) is 0 Å². The number of rotatable bonds is 2. The van der Waals surface area contributed by atoms with Gasteiger partial charge in [0.15, 0.2) is 10.9 Å². The van der Waals surface area contributed by atoms with Crippen LogP contribution in [-0.2, 0) is 0 Å². The van der Waals surface area contributed by atoms with Crippen molar-refractivity contribution in [3.8, 4) is 11.5 Å². The molecule has 0 saturated heterocycles. The molecule has 0 bridgehead atoms. The van der Waals surface area contributed by atoms with Gasteiger partial charge in [0.2, 0.25) is 0 Å². The molecule has 0 N–H and O–H groups in total. The lowest BCUT2D eigenvalue weighted by molar-refractivity contribution is 0.485. The first-order chi connectivity index (χ1) is 10.0. The lowest BCUT2D eigenvalue weighted by Crippen LogP contribution is -1.92. The van der Waals surface area contributed by atoms with E-state index in [4.69, 9.17) is 16.3 Å². The molecule has 1 aromatic carbocycles. The summed E-state index contributed by atoms with van der Waals surface area (Å²) in [6.07, 6.45) is 1.74. The molecule has 0 aliphatic carbocycles. The molecule has 0 aliphatic rings. The van der Waals surface area contributed by atoms with Gasteiger partial charge in [-0.1, -0.05) is 11.6 Å². The largest absolute Gasteiger partial charge is 0.453 e. The lowest BCUT2D eigenvalue weighted by atomic mass is 10.1. The fourth-order valence-corrected chi connectivity index (χ4v) is 2.82. The molecular weight excluding hydrogens is 399 g/mol. The van der Waals surface area contributed by atoms with Crippen molar-refractivity contribution in [1.82, 2.24) is 9.97 Å².